The van der Waals surface area contributed by atoms with E-state index in [1.165, 1.54) is 25.1 Å². The zero-order valence-corrected chi connectivity index (χ0v) is 8.34. The van der Waals surface area contributed by atoms with Crippen molar-refractivity contribution in [1.29, 1.82) is 0 Å². The Balaban J connectivity index is 3.05. The number of hydrogen-bond donors (Lipinski definition) is 0. The number of alkyl halides is 1. The SMILES string of the molecule is C=CCC1(Cl)C(=O)N(C)C(=O)N1C. The molecule has 0 bridgehead atoms. The quantitative estimate of drug-likeness (QED) is 0.290. The maximum atomic E-state index is 11.5. The zero-order chi connectivity index (χ0) is 10.2. The third-order valence-corrected chi connectivity index (χ3v) is 2.72. The van der Waals surface area contributed by atoms with E-state index in [2.05, 4.69) is 6.58 Å². The van der Waals surface area contributed by atoms with E-state index in [1.807, 2.05) is 0 Å². The fourth-order valence-corrected chi connectivity index (χ4v) is 1.59. The second-order valence-electron chi connectivity index (χ2n) is 2.96. The predicted molar refractivity (Wildman–Crippen MR) is 49.3 cm³/mol. The van der Waals surface area contributed by atoms with Gasteiger partial charge in [0.1, 0.15) is 0 Å². The third kappa shape index (κ3) is 1.21. The van der Waals surface area contributed by atoms with E-state index >= 15 is 0 Å². The van der Waals surface area contributed by atoms with Gasteiger partial charge in [-0.25, -0.2) is 4.79 Å². The molecule has 1 saturated heterocycles. The Bertz CT molecular complexity index is 279. The molecule has 1 atom stereocenters. The summed E-state index contributed by atoms with van der Waals surface area (Å²) in [5.74, 6) is -0.401. The normalized spacial score (nSPS) is 28.5. The van der Waals surface area contributed by atoms with Gasteiger partial charge in [0.2, 0.25) is 5.00 Å². The number of rotatable bonds is 2. The van der Waals surface area contributed by atoms with Gasteiger partial charge in [0.25, 0.3) is 5.91 Å². The monoisotopic (exact) mass is 202 g/mol. The largest absolute Gasteiger partial charge is 0.328 e. The van der Waals surface area contributed by atoms with E-state index in [-0.39, 0.29) is 12.5 Å². The minimum atomic E-state index is -1.27. The number of hydrogen-bond acceptors (Lipinski definition) is 2. The van der Waals surface area contributed by atoms with Crippen LogP contribution in [0.2, 0.25) is 0 Å². The first kappa shape index (κ1) is 10.1. The first-order chi connectivity index (χ1) is 5.95. The molecule has 13 heavy (non-hydrogen) atoms. The highest BCUT2D eigenvalue weighted by molar-refractivity contribution is 6.38. The first-order valence-electron chi connectivity index (χ1n) is 3.81. The van der Waals surface area contributed by atoms with E-state index < -0.39 is 10.9 Å². The molecule has 1 aliphatic heterocycles. The Hall–Kier alpha value is -1.03. The van der Waals surface area contributed by atoms with Crippen LogP contribution in [0.4, 0.5) is 4.79 Å². The Morgan fingerprint density at radius 2 is 2.08 bits per heavy atom. The lowest BCUT2D eigenvalue weighted by molar-refractivity contribution is -0.128. The number of urea groups is 1. The average molecular weight is 203 g/mol. The van der Waals surface area contributed by atoms with Gasteiger partial charge in [-0.3, -0.25) is 14.6 Å². The number of amides is 3. The fraction of sp³-hybridized carbons (Fsp3) is 0.500. The summed E-state index contributed by atoms with van der Waals surface area (Å²) in [5.41, 5.74) is 0. The van der Waals surface area contributed by atoms with Crippen LogP contribution < -0.4 is 0 Å². The fourth-order valence-electron chi connectivity index (χ4n) is 1.28. The zero-order valence-electron chi connectivity index (χ0n) is 7.58. The van der Waals surface area contributed by atoms with Crippen LogP contribution in [0.1, 0.15) is 6.42 Å². The molecular weight excluding hydrogens is 192 g/mol. The van der Waals surface area contributed by atoms with Crippen LogP contribution in [0.3, 0.4) is 0 Å². The van der Waals surface area contributed by atoms with E-state index in [0.717, 1.165) is 4.90 Å². The third-order valence-electron chi connectivity index (χ3n) is 2.15. The van der Waals surface area contributed by atoms with Crippen LogP contribution in [-0.2, 0) is 4.79 Å². The van der Waals surface area contributed by atoms with Gasteiger partial charge in [0.05, 0.1) is 0 Å². The van der Waals surface area contributed by atoms with Crippen LogP contribution in [0.5, 0.6) is 0 Å². The smallest absolute Gasteiger partial charge is 0.300 e. The number of imide groups is 1. The average Bonchev–Trinajstić information content (AvgIpc) is 2.23. The minimum Gasteiger partial charge on any atom is -0.300 e. The van der Waals surface area contributed by atoms with Gasteiger partial charge in [-0.15, -0.1) is 6.58 Å². The summed E-state index contributed by atoms with van der Waals surface area (Å²) in [6.07, 6.45) is 1.77. The van der Waals surface area contributed by atoms with Crippen molar-refractivity contribution < 1.29 is 9.59 Å². The van der Waals surface area contributed by atoms with Crippen LogP contribution >= 0.6 is 11.6 Å². The van der Waals surface area contributed by atoms with Crippen molar-refractivity contribution in [1.82, 2.24) is 9.80 Å². The van der Waals surface area contributed by atoms with Crippen LogP contribution in [0.25, 0.3) is 0 Å². The summed E-state index contributed by atoms with van der Waals surface area (Å²) >= 11 is 6.00. The summed E-state index contributed by atoms with van der Waals surface area (Å²) in [6.45, 7) is 3.50. The molecule has 1 aliphatic rings. The molecular formula is C8H11ClN2O2. The highest BCUT2D eigenvalue weighted by Gasteiger charge is 2.52. The highest BCUT2D eigenvalue weighted by atomic mass is 35.5. The van der Waals surface area contributed by atoms with E-state index in [4.69, 9.17) is 11.6 Å². The van der Waals surface area contributed by atoms with Gasteiger partial charge < -0.3 is 0 Å². The standard InChI is InChI=1S/C8H11ClN2O2/c1-4-5-8(9)6(12)10(2)7(13)11(8)3/h4H,1,5H2,2-3H3. The van der Waals surface area contributed by atoms with Gasteiger partial charge in [-0.05, 0) is 0 Å². The molecule has 0 N–H and O–H groups in total. The van der Waals surface area contributed by atoms with E-state index in [0.29, 0.717) is 0 Å². The van der Waals surface area contributed by atoms with Crippen molar-refractivity contribution in [3.8, 4) is 0 Å². The molecule has 0 aliphatic carbocycles. The molecule has 1 heterocycles. The van der Waals surface area contributed by atoms with Crippen molar-refractivity contribution in [2.75, 3.05) is 14.1 Å². The molecule has 1 fully saturated rings. The molecule has 1 rings (SSSR count). The molecule has 4 nitrogen and oxygen atoms in total. The van der Waals surface area contributed by atoms with Crippen LogP contribution in [-0.4, -0.2) is 40.8 Å². The first-order valence-corrected chi connectivity index (χ1v) is 4.18. The molecule has 0 aromatic carbocycles. The second kappa shape index (κ2) is 3.03. The van der Waals surface area contributed by atoms with Gasteiger partial charge >= 0.3 is 6.03 Å². The number of halogens is 1. The summed E-state index contributed by atoms with van der Waals surface area (Å²) in [6, 6.07) is -0.387. The predicted octanol–water partition coefficient (Wildman–Crippen LogP) is 1.02. The Morgan fingerprint density at radius 1 is 1.54 bits per heavy atom. The number of nitrogens with zero attached hydrogens (tertiary/aromatic N) is 2. The summed E-state index contributed by atoms with van der Waals surface area (Å²) in [4.78, 5) is 23.8. The Labute approximate surface area is 81.7 Å². The summed E-state index contributed by atoms with van der Waals surface area (Å²) in [5, 5.41) is 0. The second-order valence-corrected chi connectivity index (χ2v) is 3.58. The van der Waals surface area contributed by atoms with Crippen molar-refractivity contribution in [3.63, 3.8) is 0 Å². The molecule has 72 valence electrons. The van der Waals surface area contributed by atoms with Gasteiger partial charge in [0.15, 0.2) is 0 Å². The van der Waals surface area contributed by atoms with E-state index in [1.54, 1.807) is 0 Å². The van der Waals surface area contributed by atoms with Gasteiger partial charge in [-0.1, -0.05) is 17.7 Å². The lowest BCUT2D eigenvalue weighted by atomic mass is 10.2. The maximum absolute atomic E-state index is 11.5. The lowest BCUT2D eigenvalue weighted by Gasteiger charge is -2.23. The Kier molecular flexibility index (Phi) is 2.34. The van der Waals surface area contributed by atoms with E-state index in [9.17, 15) is 9.59 Å². The summed E-state index contributed by atoms with van der Waals surface area (Å²) in [7, 11) is 2.91. The number of carbonyl (C=O) groups excluding carboxylic acids is 2. The van der Waals surface area contributed by atoms with Crippen molar-refractivity contribution >= 4 is 23.5 Å². The van der Waals surface area contributed by atoms with Crippen molar-refractivity contribution in [2.45, 2.75) is 11.4 Å². The van der Waals surface area contributed by atoms with Crippen molar-refractivity contribution in [3.05, 3.63) is 12.7 Å². The number of carbonyl (C=O) groups is 2. The van der Waals surface area contributed by atoms with Crippen LogP contribution in [0, 0.1) is 0 Å². The van der Waals surface area contributed by atoms with Gasteiger partial charge in [0, 0.05) is 20.5 Å². The highest BCUT2D eigenvalue weighted by Crippen LogP contribution is 2.32. The molecule has 5 heteroatoms. The van der Waals surface area contributed by atoms with Gasteiger partial charge in [-0.2, -0.15) is 0 Å². The molecule has 1 unspecified atom stereocenters. The van der Waals surface area contributed by atoms with Crippen molar-refractivity contribution in [2.24, 2.45) is 0 Å². The topological polar surface area (TPSA) is 40.6 Å². The Morgan fingerprint density at radius 3 is 2.38 bits per heavy atom. The lowest BCUT2D eigenvalue weighted by Crippen LogP contribution is -2.41. The summed E-state index contributed by atoms with van der Waals surface area (Å²) < 4.78 is 0. The number of likely N-dealkylation sites (N-methyl/N-ethyl adjacent to an activating group) is 2. The van der Waals surface area contributed by atoms with Crippen LogP contribution in [0.15, 0.2) is 12.7 Å². The molecule has 0 radical (unpaired) electrons. The minimum absolute atomic E-state index is 0.250. The molecule has 0 aromatic rings. The maximum Gasteiger partial charge on any atom is 0.328 e. The molecule has 0 aromatic heterocycles. The molecule has 0 saturated carbocycles. The molecule has 0 spiro atoms. The molecule has 3 amide bonds.